The molecule has 0 radical (unpaired) electrons. The number of carbonyl (C=O) groups excluding carboxylic acids is 1. The molecule has 4 heteroatoms. The fourth-order valence-electron chi connectivity index (χ4n) is 3.16. The van der Waals surface area contributed by atoms with Gasteiger partial charge in [0, 0.05) is 36.6 Å². The minimum absolute atomic E-state index is 0.0487. The van der Waals surface area contributed by atoms with Gasteiger partial charge in [0.15, 0.2) is 18.9 Å². The molecule has 0 aliphatic carbocycles. The molecule has 2 aromatic rings. The molecule has 1 aromatic carbocycles. The lowest BCUT2D eigenvalue weighted by Crippen LogP contribution is -2.34. The first kappa shape index (κ1) is 17.5. The Morgan fingerprint density at radius 2 is 1.76 bits per heavy atom. The summed E-state index contributed by atoms with van der Waals surface area (Å²) in [6.45, 7) is 7.33. The van der Waals surface area contributed by atoms with E-state index >= 15 is 0 Å². The molecule has 2 heterocycles. The second-order valence-electron chi connectivity index (χ2n) is 7.13. The first-order chi connectivity index (χ1) is 12.1. The molecule has 3 rings (SSSR count). The van der Waals surface area contributed by atoms with Gasteiger partial charge in [0.05, 0.1) is 6.42 Å². The maximum absolute atomic E-state index is 12.1. The third-order valence-corrected chi connectivity index (χ3v) is 4.95. The molecular weight excluding hydrogens is 310 g/mol. The van der Waals surface area contributed by atoms with E-state index in [-0.39, 0.29) is 5.91 Å². The van der Waals surface area contributed by atoms with Gasteiger partial charge in [-0.3, -0.25) is 4.79 Å². The SMILES string of the molecule is Cc1cc[n+](CCC(=O)Nc2ccc(N3CCC(C)CC3)cc2)cc1. The molecular formula is C21H28N3O+. The Balaban J connectivity index is 1.49. The largest absolute Gasteiger partial charge is 0.372 e. The summed E-state index contributed by atoms with van der Waals surface area (Å²) in [4.78, 5) is 14.6. The summed E-state index contributed by atoms with van der Waals surface area (Å²) in [5, 5.41) is 2.99. The van der Waals surface area contributed by atoms with Crippen molar-refractivity contribution in [3.8, 4) is 0 Å². The average molecular weight is 338 g/mol. The molecule has 0 bridgehead atoms. The van der Waals surface area contributed by atoms with E-state index in [0.717, 1.165) is 24.7 Å². The maximum Gasteiger partial charge on any atom is 0.230 e. The highest BCUT2D eigenvalue weighted by molar-refractivity contribution is 5.90. The van der Waals surface area contributed by atoms with Gasteiger partial charge in [-0.2, -0.15) is 0 Å². The zero-order valence-corrected chi connectivity index (χ0v) is 15.2. The molecule has 25 heavy (non-hydrogen) atoms. The lowest BCUT2D eigenvalue weighted by Gasteiger charge is -2.32. The van der Waals surface area contributed by atoms with Crippen molar-refractivity contribution in [2.45, 2.75) is 39.7 Å². The van der Waals surface area contributed by atoms with Gasteiger partial charge in [0.1, 0.15) is 0 Å². The van der Waals surface area contributed by atoms with Crippen LogP contribution in [0.25, 0.3) is 0 Å². The van der Waals surface area contributed by atoms with Crippen LogP contribution in [0.15, 0.2) is 48.8 Å². The van der Waals surface area contributed by atoms with Gasteiger partial charge in [-0.15, -0.1) is 0 Å². The molecule has 0 spiro atoms. The topological polar surface area (TPSA) is 36.2 Å². The molecule has 0 atom stereocenters. The van der Waals surface area contributed by atoms with Crippen LogP contribution in [-0.4, -0.2) is 19.0 Å². The molecule has 1 saturated heterocycles. The second-order valence-corrected chi connectivity index (χ2v) is 7.13. The van der Waals surface area contributed by atoms with Crippen LogP contribution in [0.3, 0.4) is 0 Å². The number of pyridine rings is 1. The predicted octanol–water partition coefficient (Wildman–Crippen LogP) is 3.55. The molecule has 1 aliphatic rings. The number of nitrogens with one attached hydrogen (secondary N) is 1. The van der Waals surface area contributed by atoms with E-state index in [2.05, 4.69) is 48.3 Å². The number of rotatable bonds is 5. The van der Waals surface area contributed by atoms with Crippen LogP contribution < -0.4 is 14.8 Å². The molecule has 0 unspecified atom stereocenters. The van der Waals surface area contributed by atoms with E-state index in [4.69, 9.17) is 0 Å². The molecule has 1 N–H and O–H groups in total. The number of aromatic nitrogens is 1. The number of anilines is 2. The van der Waals surface area contributed by atoms with Crippen molar-refractivity contribution in [3.05, 3.63) is 54.4 Å². The van der Waals surface area contributed by atoms with Gasteiger partial charge < -0.3 is 10.2 Å². The van der Waals surface area contributed by atoms with Gasteiger partial charge in [0.25, 0.3) is 0 Å². The maximum atomic E-state index is 12.1. The van der Waals surface area contributed by atoms with Crippen molar-refractivity contribution in [1.82, 2.24) is 0 Å². The lowest BCUT2D eigenvalue weighted by atomic mass is 9.99. The Labute approximate surface area is 150 Å². The van der Waals surface area contributed by atoms with Crippen molar-refractivity contribution in [1.29, 1.82) is 0 Å². The van der Waals surface area contributed by atoms with E-state index in [0.29, 0.717) is 13.0 Å². The third-order valence-electron chi connectivity index (χ3n) is 4.95. The van der Waals surface area contributed by atoms with Crippen molar-refractivity contribution >= 4 is 17.3 Å². The van der Waals surface area contributed by atoms with E-state index < -0.39 is 0 Å². The Kier molecular flexibility index (Phi) is 5.69. The summed E-state index contributed by atoms with van der Waals surface area (Å²) in [6.07, 6.45) is 7.01. The van der Waals surface area contributed by atoms with Crippen LogP contribution in [0.2, 0.25) is 0 Å². The molecule has 1 fully saturated rings. The number of amides is 1. The first-order valence-electron chi connectivity index (χ1n) is 9.21. The number of hydrogen-bond acceptors (Lipinski definition) is 2. The van der Waals surface area contributed by atoms with Gasteiger partial charge in [-0.25, -0.2) is 4.57 Å². The smallest absolute Gasteiger partial charge is 0.230 e. The van der Waals surface area contributed by atoms with Gasteiger partial charge >= 0.3 is 0 Å². The van der Waals surface area contributed by atoms with E-state index in [1.165, 1.54) is 24.1 Å². The number of nitrogens with zero attached hydrogens (tertiary/aromatic N) is 2. The monoisotopic (exact) mass is 338 g/mol. The average Bonchev–Trinajstić information content (AvgIpc) is 2.63. The fraction of sp³-hybridized carbons (Fsp3) is 0.429. The number of piperidine rings is 1. The Morgan fingerprint density at radius 1 is 1.12 bits per heavy atom. The third kappa shape index (κ3) is 5.05. The normalized spacial score (nSPS) is 15.2. The van der Waals surface area contributed by atoms with Crippen molar-refractivity contribution in [2.75, 3.05) is 23.3 Å². The van der Waals surface area contributed by atoms with E-state index in [9.17, 15) is 4.79 Å². The summed E-state index contributed by atoms with van der Waals surface area (Å²) >= 11 is 0. The molecule has 4 nitrogen and oxygen atoms in total. The van der Waals surface area contributed by atoms with Crippen LogP contribution >= 0.6 is 0 Å². The molecule has 1 aromatic heterocycles. The van der Waals surface area contributed by atoms with Crippen molar-refractivity contribution in [3.63, 3.8) is 0 Å². The van der Waals surface area contributed by atoms with Crippen LogP contribution in [0.4, 0.5) is 11.4 Å². The molecule has 132 valence electrons. The summed E-state index contributed by atoms with van der Waals surface area (Å²) in [5.74, 6) is 0.883. The fourth-order valence-corrected chi connectivity index (χ4v) is 3.16. The van der Waals surface area contributed by atoms with Gasteiger partial charge in [-0.1, -0.05) is 6.92 Å². The summed E-state index contributed by atoms with van der Waals surface area (Å²) in [6, 6.07) is 12.3. The first-order valence-corrected chi connectivity index (χ1v) is 9.21. The van der Waals surface area contributed by atoms with Crippen LogP contribution in [-0.2, 0) is 11.3 Å². The lowest BCUT2D eigenvalue weighted by molar-refractivity contribution is -0.695. The number of hydrogen-bond donors (Lipinski definition) is 1. The quantitative estimate of drug-likeness (QED) is 0.847. The number of benzene rings is 1. The number of carbonyl (C=O) groups is 1. The second kappa shape index (κ2) is 8.15. The van der Waals surface area contributed by atoms with Gasteiger partial charge in [0.2, 0.25) is 5.91 Å². The van der Waals surface area contributed by atoms with E-state index in [1.807, 2.05) is 29.1 Å². The highest BCUT2D eigenvalue weighted by Crippen LogP contribution is 2.24. The predicted molar refractivity (Wildman–Crippen MR) is 102 cm³/mol. The van der Waals surface area contributed by atoms with E-state index in [1.54, 1.807) is 0 Å². The Bertz CT molecular complexity index is 686. The van der Waals surface area contributed by atoms with Crippen LogP contribution in [0.1, 0.15) is 31.7 Å². The number of aryl methyl sites for hydroxylation is 2. The Morgan fingerprint density at radius 3 is 2.40 bits per heavy atom. The minimum Gasteiger partial charge on any atom is -0.372 e. The zero-order chi connectivity index (χ0) is 17.6. The Hall–Kier alpha value is -2.36. The van der Waals surface area contributed by atoms with Crippen LogP contribution in [0.5, 0.6) is 0 Å². The standard InChI is InChI=1S/C21H27N3O/c1-17-7-12-23(13-8-17)14-11-21(25)22-19-3-5-20(6-4-19)24-15-9-18(2)10-16-24/h3-8,12-13,18H,9-11,14-16H2,1-2H3/p+1. The summed E-state index contributed by atoms with van der Waals surface area (Å²) in [5.41, 5.74) is 3.34. The molecule has 1 amide bonds. The highest BCUT2D eigenvalue weighted by atomic mass is 16.1. The van der Waals surface area contributed by atoms with Crippen LogP contribution in [0, 0.1) is 12.8 Å². The van der Waals surface area contributed by atoms with Crippen molar-refractivity contribution < 1.29 is 9.36 Å². The summed E-state index contributed by atoms with van der Waals surface area (Å²) < 4.78 is 2.03. The highest BCUT2D eigenvalue weighted by Gasteiger charge is 2.16. The minimum atomic E-state index is 0.0487. The van der Waals surface area contributed by atoms with Gasteiger partial charge in [-0.05, 0) is 55.5 Å². The molecule has 1 aliphatic heterocycles. The zero-order valence-electron chi connectivity index (χ0n) is 15.2. The summed E-state index contributed by atoms with van der Waals surface area (Å²) in [7, 11) is 0. The molecule has 0 saturated carbocycles. The van der Waals surface area contributed by atoms with Crippen molar-refractivity contribution in [2.24, 2.45) is 5.92 Å².